The van der Waals surface area contributed by atoms with E-state index in [4.69, 9.17) is 5.73 Å². The SMILES string of the molecule is Nc1cc(Br)cnc1N1CCCNCC1. The summed E-state index contributed by atoms with van der Waals surface area (Å²) in [5.74, 6) is 0.905. The summed E-state index contributed by atoms with van der Waals surface area (Å²) in [6.07, 6.45) is 2.93. The Morgan fingerprint density at radius 2 is 2.27 bits per heavy atom. The van der Waals surface area contributed by atoms with Gasteiger partial charge in [0.2, 0.25) is 0 Å². The van der Waals surface area contributed by atoms with Crippen molar-refractivity contribution >= 4 is 27.4 Å². The molecule has 0 aliphatic carbocycles. The molecule has 4 nitrogen and oxygen atoms in total. The number of pyridine rings is 1. The zero-order chi connectivity index (χ0) is 10.7. The first-order valence-electron chi connectivity index (χ1n) is 5.14. The number of rotatable bonds is 1. The van der Waals surface area contributed by atoms with Gasteiger partial charge < -0.3 is 16.0 Å². The molecular formula is C10H15BrN4. The largest absolute Gasteiger partial charge is 0.396 e. The molecule has 0 saturated carbocycles. The van der Waals surface area contributed by atoms with Gasteiger partial charge in [-0.3, -0.25) is 0 Å². The van der Waals surface area contributed by atoms with Crippen LogP contribution in [0.5, 0.6) is 0 Å². The molecule has 0 unspecified atom stereocenters. The van der Waals surface area contributed by atoms with Gasteiger partial charge in [-0.1, -0.05) is 0 Å². The Balaban J connectivity index is 2.19. The van der Waals surface area contributed by atoms with E-state index in [1.165, 1.54) is 0 Å². The number of hydrogen-bond acceptors (Lipinski definition) is 4. The monoisotopic (exact) mass is 270 g/mol. The Morgan fingerprint density at radius 1 is 1.40 bits per heavy atom. The number of nitrogens with zero attached hydrogens (tertiary/aromatic N) is 2. The second kappa shape index (κ2) is 4.81. The van der Waals surface area contributed by atoms with E-state index in [0.717, 1.165) is 48.6 Å². The second-order valence-electron chi connectivity index (χ2n) is 3.66. The lowest BCUT2D eigenvalue weighted by Crippen LogP contribution is -2.29. The summed E-state index contributed by atoms with van der Waals surface area (Å²) >= 11 is 3.36. The van der Waals surface area contributed by atoms with Crippen LogP contribution in [0.3, 0.4) is 0 Å². The zero-order valence-electron chi connectivity index (χ0n) is 8.54. The molecule has 5 heteroatoms. The summed E-state index contributed by atoms with van der Waals surface area (Å²) in [5, 5.41) is 3.36. The van der Waals surface area contributed by atoms with Gasteiger partial charge in [-0.15, -0.1) is 0 Å². The third-order valence-corrected chi connectivity index (χ3v) is 2.94. The molecule has 3 N–H and O–H groups in total. The van der Waals surface area contributed by atoms with Gasteiger partial charge in [0.05, 0.1) is 5.69 Å². The molecule has 0 aromatic carbocycles. The number of nitrogen functional groups attached to an aromatic ring is 1. The van der Waals surface area contributed by atoms with Crippen molar-refractivity contribution in [3.05, 3.63) is 16.7 Å². The fourth-order valence-electron chi connectivity index (χ4n) is 1.77. The Kier molecular flexibility index (Phi) is 3.43. The standard InChI is InChI=1S/C10H15BrN4/c11-8-6-9(12)10(14-7-8)15-4-1-2-13-3-5-15/h6-7,13H,1-5,12H2. The average Bonchev–Trinajstić information content (AvgIpc) is 2.46. The van der Waals surface area contributed by atoms with Gasteiger partial charge in [-0.25, -0.2) is 4.98 Å². The molecule has 1 aliphatic rings. The molecule has 0 atom stereocenters. The molecule has 2 rings (SSSR count). The predicted octanol–water partition coefficient (Wildman–Crippen LogP) is 1.23. The number of aromatic nitrogens is 1. The van der Waals surface area contributed by atoms with Crippen LogP contribution in [0.4, 0.5) is 11.5 Å². The molecule has 1 fully saturated rings. The van der Waals surface area contributed by atoms with E-state index in [1.807, 2.05) is 6.07 Å². The van der Waals surface area contributed by atoms with Crippen LogP contribution in [0.1, 0.15) is 6.42 Å². The van der Waals surface area contributed by atoms with Crippen LogP contribution in [-0.2, 0) is 0 Å². The van der Waals surface area contributed by atoms with Crippen LogP contribution in [0.15, 0.2) is 16.7 Å². The summed E-state index contributed by atoms with van der Waals surface area (Å²) in [7, 11) is 0. The number of nitrogens with one attached hydrogen (secondary N) is 1. The molecule has 0 radical (unpaired) electrons. The first-order valence-corrected chi connectivity index (χ1v) is 5.93. The quantitative estimate of drug-likeness (QED) is 0.806. The molecule has 1 aliphatic heterocycles. The highest BCUT2D eigenvalue weighted by atomic mass is 79.9. The van der Waals surface area contributed by atoms with Crippen LogP contribution in [0, 0.1) is 0 Å². The van der Waals surface area contributed by atoms with Gasteiger partial charge in [-0.2, -0.15) is 0 Å². The molecule has 15 heavy (non-hydrogen) atoms. The Morgan fingerprint density at radius 3 is 3.07 bits per heavy atom. The Labute approximate surface area is 98.0 Å². The van der Waals surface area contributed by atoms with Crippen LogP contribution < -0.4 is 16.0 Å². The van der Waals surface area contributed by atoms with Crippen molar-refractivity contribution in [3.63, 3.8) is 0 Å². The summed E-state index contributed by atoms with van der Waals surface area (Å²) in [6.45, 7) is 4.06. The van der Waals surface area contributed by atoms with Gasteiger partial charge in [0.25, 0.3) is 0 Å². The highest BCUT2D eigenvalue weighted by Crippen LogP contribution is 2.23. The molecule has 1 aromatic heterocycles. The van der Waals surface area contributed by atoms with Crippen molar-refractivity contribution < 1.29 is 0 Å². The molecule has 0 amide bonds. The van der Waals surface area contributed by atoms with Crippen LogP contribution >= 0.6 is 15.9 Å². The van der Waals surface area contributed by atoms with Crippen molar-refractivity contribution in [1.29, 1.82) is 0 Å². The molecular weight excluding hydrogens is 256 g/mol. The third-order valence-electron chi connectivity index (χ3n) is 2.50. The van der Waals surface area contributed by atoms with Crippen LogP contribution in [0.2, 0.25) is 0 Å². The Bertz CT molecular complexity index is 334. The molecule has 0 bridgehead atoms. The lowest BCUT2D eigenvalue weighted by Gasteiger charge is -2.22. The van der Waals surface area contributed by atoms with Crippen molar-refractivity contribution in [3.8, 4) is 0 Å². The fraction of sp³-hybridized carbons (Fsp3) is 0.500. The van der Waals surface area contributed by atoms with E-state index in [-0.39, 0.29) is 0 Å². The highest BCUT2D eigenvalue weighted by Gasteiger charge is 2.13. The minimum Gasteiger partial charge on any atom is -0.396 e. The molecule has 0 spiro atoms. The van der Waals surface area contributed by atoms with Crippen LogP contribution in [-0.4, -0.2) is 31.2 Å². The van der Waals surface area contributed by atoms with E-state index >= 15 is 0 Å². The maximum Gasteiger partial charge on any atom is 0.151 e. The van der Waals surface area contributed by atoms with Crippen molar-refractivity contribution in [2.75, 3.05) is 36.8 Å². The zero-order valence-corrected chi connectivity index (χ0v) is 10.1. The van der Waals surface area contributed by atoms with E-state index in [2.05, 4.69) is 31.1 Å². The van der Waals surface area contributed by atoms with Gasteiger partial charge in [0.15, 0.2) is 5.82 Å². The van der Waals surface area contributed by atoms with Gasteiger partial charge >= 0.3 is 0 Å². The number of anilines is 2. The summed E-state index contributed by atoms with van der Waals surface area (Å²) in [5.41, 5.74) is 6.69. The van der Waals surface area contributed by atoms with Crippen LogP contribution in [0.25, 0.3) is 0 Å². The minimum absolute atomic E-state index is 0.742. The van der Waals surface area contributed by atoms with Crippen molar-refractivity contribution in [1.82, 2.24) is 10.3 Å². The van der Waals surface area contributed by atoms with E-state index in [9.17, 15) is 0 Å². The average molecular weight is 271 g/mol. The molecule has 82 valence electrons. The smallest absolute Gasteiger partial charge is 0.151 e. The normalized spacial score (nSPS) is 17.5. The second-order valence-corrected chi connectivity index (χ2v) is 4.57. The molecule has 2 heterocycles. The maximum atomic E-state index is 5.95. The van der Waals surface area contributed by atoms with E-state index in [1.54, 1.807) is 6.20 Å². The summed E-state index contributed by atoms with van der Waals surface area (Å²) in [6, 6.07) is 1.90. The molecule has 1 saturated heterocycles. The number of halogens is 1. The lowest BCUT2D eigenvalue weighted by atomic mass is 10.3. The lowest BCUT2D eigenvalue weighted by molar-refractivity contribution is 0.724. The van der Waals surface area contributed by atoms with Gasteiger partial charge in [0, 0.05) is 30.3 Å². The maximum absolute atomic E-state index is 5.95. The first kappa shape index (κ1) is 10.7. The van der Waals surface area contributed by atoms with Gasteiger partial charge in [0.1, 0.15) is 0 Å². The topological polar surface area (TPSA) is 54.2 Å². The first-order chi connectivity index (χ1) is 7.27. The van der Waals surface area contributed by atoms with Crippen molar-refractivity contribution in [2.24, 2.45) is 0 Å². The minimum atomic E-state index is 0.742. The van der Waals surface area contributed by atoms with E-state index < -0.39 is 0 Å². The van der Waals surface area contributed by atoms with Gasteiger partial charge in [-0.05, 0) is 35.0 Å². The summed E-state index contributed by atoms with van der Waals surface area (Å²) in [4.78, 5) is 6.61. The van der Waals surface area contributed by atoms with E-state index in [0.29, 0.717) is 0 Å². The predicted molar refractivity (Wildman–Crippen MR) is 66.0 cm³/mol. The Hall–Kier alpha value is -0.810. The third kappa shape index (κ3) is 2.60. The summed E-state index contributed by atoms with van der Waals surface area (Å²) < 4.78 is 0.927. The highest BCUT2D eigenvalue weighted by molar-refractivity contribution is 9.10. The van der Waals surface area contributed by atoms with Crippen molar-refractivity contribution in [2.45, 2.75) is 6.42 Å². The fourth-order valence-corrected chi connectivity index (χ4v) is 2.12. The number of hydrogen-bond donors (Lipinski definition) is 2. The number of nitrogens with two attached hydrogens (primary N) is 1. The molecule has 1 aromatic rings.